The molecule has 2 aromatic rings. The lowest BCUT2D eigenvalue weighted by Crippen LogP contribution is -2.30. The predicted molar refractivity (Wildman–Crippen MR) is 105 cm³/mol. The van der Waals surface area contributed by atoms with Crippen LogP contribution in [0.5, 0.6) is 0 Å². The van der Waals surface area contributed by atoms with Gasteiger partial charge in [-0.05, 0) is 37.5 Å². The summed E-state index contributed by atoms with van der Waals surface area (Å²) in [5, 5.41) is 12.1. The van der Waals surface area contributed by atoms with Crippen molar-refractivity contribution < 1.29 is 9.32 Å². The second-order valence-electron chi connectivity index (χ2n) is 8.26. The molecule has 27 heavy (non-hydrogen) atoms. The fraction of sp³-hybridized carbons (Fsp3) is 0.632. The fourth-order valence-electron chi connectivity index (χ4n) is 3.52. The van der Waals surface area contributed by atoms with E-state index in [2.05, 4.69) is 36.3 Å². The summed E-state index contributed by atoms with van der Waals surface area (Å²) in [5.74, 6) is 1.19. The van der Waals surface area contributed by atoms with Crippen molar-refractivity contribution in [3.63, 3.8) is 0 Å². The standard InChI is InChI=1S/C19H26Cl2N4O2/c1-11-15(20)17(21)25(23-11)9-5-8-22-18(26)16-13-10-12(19(2,3)4)6-7-14(13)27-24-16/h12H,5-10H2,1-4H3,(H,22,26). The summed E-state index contributed by atoms with van der Waals surface area (Å²) in [6, 6.07) is 0. The van der Waals surface area contributed by atoms with Gasteiger partial charge in [-0.15, -0.1) is 0 Å². The highest BCUT2D eigenvalue weighted by Gasteiger charge is 2.34. The molecule has 1 amide bonds. The Bertz CT molecular complexity index is 836. The molecule has 1 aliphatic carbocycles. The van der Waals surface area contributed by atoms with Crippen molar-refractivity contribution in [3.05, 3.63) is 32.9 Å². The fourth-order valence-corrected chi connectivity index (χ4v) is 3.91. The van der Waals surface area contributed by atoms with Crippen LogP contribution in [0.25, 0.3) is 0 Å². The number of hydrogen-bond donors (Lipinski definition) is 1. The summed E-state index contributed by atoms with van der Waals surface area (Å²) >= 11 is 12.2. The molecule has 3 rings (SSSR count). The van der Waals surface area contributed by atoms with Gasteiger partial charge in [-0.3, -0.25) is 9.48 Å². The van der Waals surface area contributed by atoms with Crippen molar-refractivity contribution >= 4 is 29.1 Å². The molecule has 8 heteroatoms. The molecule has 0 fully saturated rings. The molecule has 2 heterocycles. The van der Waals surface area contributed by atoms with Crippen LogP contribution in [0.15, 0.2) is 4.52 Å². The number of amides is 1. The van der Waals surface area contributed by atoms with E-state index in [0.29, 0.717) is 47.0 Å². The Kier molecular flexibility index (Phi) is 5.87. The zero-order chi connectivity index (χ0) is 19.8. The van der Waals surface area contributed by atoms with E-state index < -0.39 is 0 Å². The molecular formula is C19H26Cl2N4O2. The lowest BCUT2D eigenvalue weighted by molar-refractivity contribution is 0.0942. The molecule has 0 spiro atoms. The second kappa shape index (κ2) is 7.84. The lowest BCUT2D eigenvalue weighted by atomic mass is 9.71. The van der Waals surface area contributed by atoms with Gasteiger partial charge in [0.25, 0.3) is 5.91 Å². The number of halogens is 2. The molecule has 1 aliphatic rings. The molecule has 0 saturated heterocycles. The van der Waals surface area contributed by atoms with E-state index in [0.717, 1.165) is 30.6 Å². The number of carbonyl (C=O) groups excluding carboxylic acids is 1. The molecule has 0 radical (unpaired) electrons. The summed E-state index contributed by atoms with van der Waals surface area (Å²) in [4.78, 5) is 12.6. The number of carbonyl (C=O) groups is 1. The minimum atomic E-state index is -0.185. The Morgan fingerprint density at radius 2 is 2.11 bits per heavy atom. The van der Waals surface area contributed by atoms with Gasteiger partial charge < -0.3 is 9.84 Å². The summed E-state index contributed by atoms with van der Waals surface area (Å²) in [7, 11) is 0. The van der Waals surface area contributed by atoms with Crippen LogP contribution in [0.2, 0.25) is 10.2 Å². The number of nitrogens with one attached hydrogen (secondary N) is 1. The van der Waals surface area contributed by atoms with Crippen molar-refractivity contribution in [2.24, 2.45) is 11.3 Å². The quantitative estimate of drug-likeness (QED) is 0.735. The van der Waals surface area contributed by atoms with Crippen molar-refractivity contribution in [2.75, 3.05) is 6.54 Å². The molecule has 2 aromatic heterocycles. The molecule has 0 saturated carbocycles. The largest absolute Gasteiger partial charge is 0.360 e. The van der Waals surface area contributed by atoms with E-state index in [1.165, 1.54) is 0 Å². The summed E-state index contributed by atoms with van der Waals surface area (Å²) in [6.07, 6.45) is 3.44. The molecule has 6 nitrogen and oxygen atoms in total. The molecular weight excluding hydrogens is 387 g/mol. The van der Waals surface area contributed by atoms with Crippen LogP contribution in [0, 0.1) is 18.3 Å². The number of hydrogen-bond acceptors (Lipinski definition) is 4. The minimum Gasteiger partial charge on any atom is -0.360 e. The summed E-state index contributed by atoms with van der Waals surface area (Å²) in [6.45, 7) is 9.61. The average molecular weight is 413 g/mol. The van der Waals surface area contributed by atoms with Gasteiger partial charge in [-0.1, -0.05) is 49.1 Å². The number of fused-ring (bicyclic) bond motifs is 1. The third-order valence-corrected chi connectivity index (χ3v) is 6.24. The minimum absolute atomic E-state index is 0.185. The van der Waals surface area contributed by atoms with Crippen LogP contribution in [0.1, 0.15) is 61.1 Å². The van der Waals surface area contributed by atoms with Crippen LogP contribution >= 0.6 is 23.2 Å². The van der Waals surface area contributed by atoms with E-state index in [1.807, 2.05) is 6.92 Å². The molecule has 148 valence electrons. The van der Waals surface area contributed by atoms with Gasteiger partial charge in [0.15, 0.2) is 5.69 Å². The van der Waals surface area contributed by atoms with Crippen LogP contribution in [0.3, 0.4) is 0 Å². The number of nitrogens with zero attached hydrogens (tertiary/aromatic N) is 3. The Balaban J connectivity index is 1.56. The van der Waals surface area contributed by atoms with Gasteiger partial charge >= 0.3 is 0 Å². The van der Waals surface area contributed by atoms with E-state index in [4.69, 9.17) is 27.7 Å². The molecule has 1 N–H and O–H groups in total. The molecule has 0 bridgehead atoms. The lowest BCUT2D eigenvalue weighted by Gasteiger charge is -2.33. The van der Waals surface area contributed by atoms with E-state index in [-0.39, 0.29) is 11.3 Å². The first-order valence-corrected chi connectivity index (χ1v) is 10.1. The van der Waals surface area contributed by atoms with Crippen LogP contribution in [-0.2, 0) is 19.4 Å². The number of aryl methyl sites for hydroxylation is 3. The Hall–Kier alpha value is -1.53. The zero-order valence-electron chi connectivity index (χ0n) is 16.2. The maximum Gasteiger partial charge on any atom is 0.273 e. The number of rotatable bonds is 5. The van der Waals surface area contributed by atoms with Gasteiger partial charge in [0.1, 0.15) is 15.9 Å². The molecule has 0 aliphatic heterocycles. The molecule has 1 atom stereocenters. The maximum absolute atomic E-state index is 12.6. The van der Waals surface area contributed by atoms with Crippen LogP contribution < -0.4 is 5.32 Å². The highest BCUT2D eigenvalue weighted by atomic mass is 35.5. The Morgan fingerprint density at radius 3 is 2.74 bits per heavy atom. The van der Waals surface area contributed by atoms with E-state index in [1.54, 1.807) is 4.68 Å². The van der Waals surface area contributed by atoms with E-state index >= 15 is 0 Å². The highest BCUT2D eigenvalue weighted by molar-refractivity contribution is 6.41. The third kappa shape index (κ3) is 4.32. The molecule has 1 unspecified atom stereocenters. The molecule has 0 aromatic carbocycles. The van der Waals surface area contributed by atoms with Gasteiger partial charge in [0.05, 0.1) is 5.69 Å². The Labute approximate surface area is 169 Å². The SMILES string of the molecule is Cc1nn(CCCNC(=O)c2noc3c2CC(C(C)(C)C)CC3)c(Cl)c1Cl. The van der Waals surface area contributed by atoms with Gasteiger partial charge in [-0.2, -0.15) is 5.10 Å². The third-order valence-electron chi connectivity index (χ3n) is 5.31. The first-order valence-electron chi connectivity index (χ1n) is 9.32. The predicted octanol–water partition coefficient (Wildman–Crippen LogP) is 4.46. The van der Waals surface area contributed by atoms with Crippen molar-refractivity contribution in [2.45, 2.75) is 59.9 Å². The zero-order valence-corrected chi connectivity index (χ0v) is 17.7. The smallest absolute Gasteiger partial charge is 0.273 e. The normalized spacial score (nSPS) is 17.0. The average Bonchev–Trinajstić information content (AvgIpc) is 3.14. The topological polar surface area (TPSA) is 73.0 Å². The summed E-state index contributed by atoms with van der Waals surface area (Å²) in [5.41, 5.74) is 2.30. The maximum atomic E-state index is 12.6. The van der Waals surface area contributed by atoms with Gasteiger partial charge in [-0.25, -0.2) is 0 Å². The highest BCUT2D eigenvalue weighted by Crippen LogP contribution is 2.38. The van der Waals surface area contributed by atoms with E-state index in [9.17, 15) is 4.79 Å². The second-order valence-corrected chi connectivity index (χ2v) is 9.00. The first-order chi connectivity index (χ1) is 12.7. The van der Waals surface area contributed by atoms with Gasteiger partial charge in [0.2, 0.25) is 0 Å². The van der Waals surface area contributed by atoms with Crippen LogP contribution in [0.4, 0.5) is 0 Å². The monoisotopic (exact) mass is 412 g/mol. The first kappa shape index (κ1) is 20.2. The summed E-state index contributed by atoms with van der Waals surface area (Å²) < 4.78 is 7.07. The van der Waals surface area contributed by atoms with Crippen molar-refractivity contribution in [1.29, 1.82) is 0 Å². The van der Waals surface area contributed by atoms with Crippen molar-refractivity contribution in [1.82, 2.24) is 20.3 Å². The Morgan fingerprint density at radius 1 is 1.37 bits per heavy atom. The number of aromatic nitrogens is 3. The van der Waals surface area contributed by atoms with Crippen molar-refractivity contribution in [3.8, 4) is 0 Å². The van der Waals surface area contributed by atoms with Crippen LogP contribution in [-0.4, -0.2) is 27.4 Å². The van der Waals surface area contributed by atoms with Gasteiger partial charge in [0, 0.05) is 25.1 Å².